The molecule has 0 spiro atoms. The van der Waals surface area contributed by atoms with E-state index in [9.17, 15) is 0 Å². The Morgan fingerprint density at radius 2 is 2.19 bits per heavy atom. The highest BCUT2D eigenvalue weighted by Crippen LogP contribution is 2.48. The number of para-hydroxylation sites is 1. The molecule has 2 nitrogen and oxygen atoms in total. The van der Waals surface area contributed by atoms with Crippen LogP contribution in [0.15, 0.2) is 24.3 Å². The van der Waals surface area contributed by atoms with Crippen LogP contribution in [-0.4, -0.2) is 4.98 Å². The number of thiazole rings is 1. The molecule has 80 valence electrons. The third-order valence-corrected chi connectivity index (χ3v) is 4.34. The van der Waals surface area contributed by atoms with Crippen LogP contribution in [-0.2, 0) is 6.42 Å². The molecule has 3 rings (SSSR count). The standard InChI is InChI=1S/C13H12N2S/c14-9-13(7-8-13)6-5-12-15-10-3-1-2-4-11(10)16-12/h1-4H,5-8H2. The Labute approximate surface area is 98.5 Å². The van der Waals surface area contributed by atoms with E-state index in [0.717, 1.165) is 31.2 Å². The second-order valence-electron chi connectivity index (χ2n) is 4.47. The molecule has 0 bridgehead atoms. The first-order chi connectivity index (χ1) is 7.81. The second-order valence-corrected chi connectivity index (χ2v) is 5.58. The fourth-order valence-corrected chi connectivity index (χ4v) is 2.91. The van der Waals surface area contributed by atoms with Crippen molar-refractivity contribution in [2.24, 2.45) is 5.41 Å². The van der Waals surface area contributed by atoms with Gasteiger partial charge < -0.3 is 0 Å². The van der Waals surface area contributed by atoms with Gasteiger partial charge in [0.05, 0.1) is 26.7 Å². The van der Waals surface area contributed by atoms with Gasteiger partial charge in [-0.25, -0.2) is 4.98 Å². The molecule has 1 aliphatic rings. The van der Waals surface area contributed by atoms with Gasteiger partial charge in [-0.3, -0.25) is 0 Å². The number of hydrogen-bond acceptors (Lipinski definition) is 3. The average Bonchev–Trinajstić information content (AvgIpc) is 2.98. The summed E-state index contributed by atoms with van der Waals surface area (Å²) in [5, 5.41) is 10.2. The smallest absolute Gasteiger partial charge is 0.0939 e. The fourth-order valence-electron chi connectivity index (χ4n) is 1.94. The van der Waals surface area contributed by atoms with Crippen LogP contribution >= 0.6 is 11.3 Å². The molecule has 1 aromatic carbocycles. The fraction of sp³-hybridized carbons (Fsp3) is 0.385. The number of nitriles is 1. The van der Waals surface area contributed by atoms with Crippen LogP contribution in [0.25, 0.3) is 10.2 Å². The molecule has 16 heavy (non-hydrogen) atoms. The zero-order valence-electron chi connectivity index (χ0n) is 8.94. The summed E-state index contributed by atoms with van der Waals surface area (Å²) in [4.78, 5) is 4.59. The van der Waals surface area contributed by atoms with Gasteiger partial charge in [-0.05, 0) is 31.4 Å². The molecule has 0 N–H and O–H groups in total. The van der Waals surface area contributed by atoms with E-state index in [2.05, 4.69) is 17.1 Å². The van der Waals surface area contributed by atoms with Crippen molar-refractivity contribution in [3.05, 3.63) is 29.3 Å². The van der Waals surface area contributed by atoms with Gasteiger partial charge >= 0.3 is 0 Å². The maximum atomic E-state index is 9.01. The van der Waals surface area contributed by atoms with Crippen molar-refractivity contribution >= 4 is 21.6 Å². The van der Waals surface area contributed by atoms with E-state index >= 15 is 0 Å². The average molecular weight is 228 g/mol. The monoisotopic (exact) mass is 228 g/mol. The lowest BCUT2D eigenvalue weighted by atomic mass is 10.0. The highest BCUT2D eigenvalue weighted by atomic mass is 32.1. The molecule has 0 aliphatic heterocycles. The van der Waals surface area contributed by atoms with E-state index in [1.807, 2.05) is 18.2 Å². The van der Waals surface area contributed by atoms with E-state index in [0.29, 0.717) is 0 Å². The number of nitrogens with zero attached hydrogens (tertiary/aromatic N) is 2. The van der Waals surface area contributed by atoms with E-state index in [4.69, 9.17) is 5.26 Å². The summed E-state index contributed by atoms with van der Waals surface area (Å²) in [5.41, 5.74) is 1.09. The van der Waals surface area contributed by atoms with Crippen molar-refractivity contribution < 1.29 is 0 Å². The molecule has 1 fully saturated rings. The lowest BCUT2D eigenvalue weighted by Crippen LogP contribution is -1.98. The maximum Gasteiger partial charge on any atom is 0.0939 e. The van der Waals surface area contributed by atoms with Gasteiger partial charge in [0.1, 0.15) is 0 Å². The van der Waals surface area contributed by atoms with E-state index in [-0.39, 0.29) is 5.41 Å². The minimum absolute atomic E-state index is 0.00213. The Morgan fingerprint density at radius 1 is 1.38 bits per heavy atom. The molecule has 1 aromatic heterocycles. The highest BCUT2D eigenvalue weighted by molar-refractivity contribution is 7.18. The minimum atomic E-state index is -0.00213. The largest absolute Gasteiger partial charge is 0.241 e. The molecule has 2 aromatic rings. The molecule has 0 radical (unpaired) electrons. The third kappa shape index (κ3) is 1.70. The van der Waals surface area contributed by atoms with E-state index in [1.165, 1.54) is 9.71 Å². The lowest BCUT2D eigenvalue weighted by Gasteiger charge is -2.01. The quantitative estimate of drug-likeness (QED) is 0.805. The molecule has 0 unspecified atom stereocenters. The highest BCUT2D eigenvalue weighted by Gasteiger charge is 2.42. The lowest BCUT2D eigenvalue weighted by molar-refractivity contribution is 0.596. The van der Waals surface area contributed by atoms with Gasteiger partial charge in [0.2, 0.25) is 0 Å². The van der Waals surface area contributed by atoms with Crippen molar-refractivity contribution in [2.75, 3.05) is 0 Å². The zero-order valence-corrected chi connectivity index (χ0v) is 9.76. The predicted molar refractivity (Wildman–Crippen MR) is 65.2 cm³/mol. The molecule has 3 heteroatoms. The van der Waals surface area contributed by atoms with Crippen LogP contribution in [0.2, 0.25) is 0 Å². The Morgan fingerprint density at radius 3 is 2.88 bits per heavy atom. The first-order valence-corrected chi connectivity index (χ1v) is 6.39. The van der Waals surface area contributed by atoms with Crippen molar-refractivity contribution in [3.63, 3.8) is 0 Å². The number of rotatable bonds is 3. The van der Waals surface area contributed by atoms with Crippen molar-refractivity contribution in [1.29, 1.82) is 5.26 Å². The molecule has 0 saturated heterocycles. The van der Waals surface area contributed by atoms with Crippen LogP contribution in [0.3, 0.4) is 0 Å². The Kier molecular flexibility index (Phi) is 2.19. The first kappa shape index (κ1) is 9.80. The van der Waals surface area contributed by atoms with Gasteiger partial charge in [-0.15, -0.1) is 11.3 Å². The van der Waals surface area contributed by atoms with Gasteiger partial charge in [-0.1, -0.05) is 12.1 Å². The van der Waals surface area contributed by atoms with Crippen molar-refractivity contribution in [2.45, 2.75) is 25.7 Å². The summed E-state index contributed by atoms with van der Waals surface area (Å²) in [6.45, 7) is 0. The van der Waals surface area contributed by atoms with Gasteiger partial charge in [-0.2, -0.15) is 5.26 Å². The molecule has 1 heterocycles. The summed E-state index contributed by atoms with van der Waals surface area (Å²) < 4.78 is 1.25. The summed E-state index contributed by atoms with van der Waals surface area (Å²) in [6, 6.07) is 10.6. The minimum Gasteiger partial charge on any atom is -0.241 e. The number of aryl methyl sites for hydroxylation is 1. The summed E-state index contributed by atoms with van der Waals surface area (Å²) in [5.74, 6) is 0. The van der Waals surface area contributed by atoms with Crippen LogP contribution < -0.4 is 0 Å². The SMILES string of the molecule is N#CC1(CCc2nc3ccccc3s2)CC1. The summed E-state index contributed by atoms with van der Waals surface area (Å²) in [7, 11) is 0. The predicted octanol–water partition coefficient (Wildman–Crippen LogP) is 3.53. The molecule has 0 atom stereocenters. The molecule has 1 saturated carbocycles. The number of hydrogen-bond donors (Lipinski definition) is 0. The van der Waals surface area contributed by atoms with Gasteiger partial charge in [0, 0.05) is 6.42 Å². The normalized spacial score (nSPS) is 17.2. The maximum absolute atomic E-state index is 9.01. The second kappa shape index (κ2) is 3.57. The van der Waals surface area contributed by atoms with Crippen molar-refractivity contribution in [3.8, 4) is 6.07 Å². The molecular weight excluding hydrogens is 216 g/mol. The topological polar surface area (TPSA) is 36.7 Å². The van der Waals surface area contributed by atoms with Gasteiger partial charge in [0.15, 0.2) is 0 Å². The Balaban J connectivity index is 1.78. The number of benzene rings is 1. The van der Waals surface area contributed by atoms with Crippen LogP contribution in [0.5, 0.6) is 0 Å². The van der Waals surface area contributed by atoms with E-state index in [1.54, 1.807) is 11.3 Å². The summed E-state index contributed by atoms with van der Waals surface area (Å²) in [6.07, 6.45) is 4.08. The zero-order chi connectivity index (χ0) is 11.0. The number of fused-ring (bicyclic) bond motifs is 1. The van der Waals surface area contributed by atoms with Crippen molar-refractivity contribution in [1.82, 2.24) is 4.98 Å². The third-order valence-electron chi connectivity index (χ3n) is 3.25. The van der Waals surface area contributed by atoms with Gasteiger partial charge in [0.25, 0.3) is 0 Å². The van der Waals surface area contributed by atoms with E-state index < -0.39 is 0 Å². The Hall–Kier alpha value is -1.40. The van der Waals surface area contributed by atoms with Crippen LogP contribution in [0.4, 0.5) is 0 Å². The number of aromatic nitrogens is 1. The first-order valence-electron chi connectivity index (χ1n) is 5.57. The Bertz CT molecular complexity index is 528. The van der Waals surface area contributed by atoms with Crippen LogP contribution in [0.1, 0.15) is 24.3 Å². The molecular formula is C13H12N2S. The molecule has 1 aliphatic carbocycles. The molecule has 0 amide bonds. The van der Waals surface area contributed by atoms with Crippen LogP contribution in [0, 0.1) is 16.7 Å². The summed E-state index contributed by atoms with van der Waals surface area (Å²) >= 11 is 1.76.